The maximum absolute atomic E-state index is 12.8. The van der Waals surface area contributed by atoms with Gasteiger partial charge in [-0.05, 0) is 37.0 Å². The number of para-hydroxylation sites is 1. The SMILES string of the molecule is O=C(NC1(c2ccccc2)CCC1)N1CCN(c2ccccc2)CC1. The van der Waals surface area contributed by atoms with Crippen LogP contribution in [0.5, 0.6) is 0 Å². The van der Waals surface area contributed by atoms with E-state index in [0.717, 1.165) is 39.0 Å². The average Bonchev–Trinajstić information content (AvgIpc) is 2.66. The highest BCUT2D eigenvalue weighted by Crippen LogP contribution is 2.41. The standard InChI is InChI=1S/C21H25N3O/c25-20(22-21(12-7-13-21)18-8-3-1-4-9-18)24-16-14-23(15-17-24)19-10-5-2-6-11-19/h1-6,8-11H,7,12-17H2,(H,22,25). The molecule has 130 valence electrons. The fourth-order valence-corrected chi connectivity index (χ4v) is 3.86. The van der Waals surface area contributed by atoms with Crippen LogP contribution in [-0.4, -0.2) is 37.1 Å². The van der Waals surface area contributed by atoms with E-state index in [1.54, 1.807) is 0 Å². The molecule has 2 aliphatic rings. The molecule has 0 spiro atoms. The monoisotopic (exact) mass is 335 g/mol. The van der Waals surface area contributed by atoms with Crippen LogP contribution in [0.4, 0.5) is 10.5 Å². The van der Waals surface area contributed by atoms with Crippen LogP contribution in [-0.2, 0) is 5.54 Å². The van der Waals surface area contributed by atoms with Crippen molar-refractivity contribution in [2.24, 2.45) is 0 Å². The number of piperazine rings is 1. The third-order valence-corrected chi connectivity index (χ3v) is 5.57. The zero-order valence-corrected chi connectivity index (χ0v) is 14.5. The quantitative estimate of drug-likeness (QED) is 0.930. The largest absolute Gasteiger partial charge is 0.368 e. The Morgan fingerprint density at radius 1 is 0.840 bits per heavy atom. The van der Waals surface area contributed by atoms with E-state index >= 15 is 0 Å². The fraction of sp³-hybridized carbons (Fsp3) is 0.381. The molecule has 1 saturated carbocycles. The van der Waals surface area contributed by atoms with Crippen molar-refractivity contribution in [2.75, 3.05) is 31.1 Å². The van der Waals surface area contributed by atoms with Gasteiger partial charge in [-0.15, -0.1) is 0 Å². The first-order chi connectivity index (χ1) is 12.3. The minimum Gasteiger partial charge on any atom is -0.368 e. The van der Waals surface area contributed by atoms with Gasteiger partial charge < -0.3 is 15.1 Å². The Balaban J connectivity index is 1.38. The van der Waals surface area contributed by atoms with Gasteiger partial charge in [0.15, 0.2) is 0 Å². The molecule has 1 N–H and O–H groups in total. The predicted molar refractivity (Wildman–Crippen MR) is 101 cm³/mol. The van der Waals surface area contributed by atoms with E-state index in [-0.39, 0.29) is 11.6 Å². The van der Waals surface area contributed by atoms with Gasteiger partial charge in [0.2, 0.25) is 0 Å². The number of hydrogen-bond donors (Lipinski definition) is 1. The second kappa shape index (κ2) is 6.79. The molecule has 0 unspecified atom stereocenters. The lowest BCUT2D eigenvalue weighted by atomic mass is 9.72. The Bertz CT molecular complexity index is 704. The van der Waals surface area contributed by atoms with Crippen molar-refractivity contribution in [1.82, 2.24) is 10.2 Å². The van der Waals surface area contributed by atoms with Gasteiger partial charge in [0.25, 0.3) is 0 Å². The Hall–Kier alpha value is -2.49. The van der Waals surface area contributed by atoms with E-state index in [0.29, 0.717) is 0 Å². The lowest BCUT2D eigenvalue weighted by Crippen LogP contribution is -2.58. The third-order valence-electron chi connectivity index (χ3n) is 5.57. The molecule has 0 radical (unpaired) electrons. The van der Waals surface area contributed by atoms with Gasteiger partial charge in [-0.2, -0.15) is 0 Å². The zero-order valence-electron chi connectivity index (χ0n) is 14.5. The van der Waals surface area contributed by atoms with E-state index in [1.165, 1.54) is 17.7 Å². The number of hydrogen-bond acceptors (Lipinski definition) is 2. The summed E-state index contributed by atoms with van der Waals surface area (Å²) >= 11 is 0. The Morgan fingerprint density at radius 2 is 1.44 bits per heavy atom. The summed E-state index contributed by atoms with van der Waals surface area (Å²) in [6.07, 6.45) is 3.25. The molecule has 4 rings (SSSR count). The molecule has 0 atom stereocenters. The van der Waals surface area contributed by atoms with E-state index in [2.05, 4.69) is 58.7 Å². The summed E-state index contributed by atoms with van der Waals surface area (Å²) in [6, 6.07) is 20.9. The molecular weight excluding hydrogens is 310 g/mol. The molecular formula is C21H25N3O. The lowest BCUT2D eigenvalue weighted by molar-refractivity contribution is 0.147. The Kier molecular flexibility index (Phi) is 4.35. The van der Waals surface area contributed by atoms with Crippen LogP contribution in [0.2, 0.25) is 0 Å². The number of nitrogens with zero attached hydrogens (tertiary/aromatic N) is 2. The van der Waals surface area contributed by atoms with Crippen molar-refractivity contribution in [3.05, 3.63) is 66.2 Å². The van der Waals surface area contributed by atoms with Crippen LogP contribution in [0, 0.1) is 0 Å². The molecule has 4 nitrogen and oxygen atoms in total. The predicted octanol–water partition coefficient (Wildman–Crippen LogP) is 3.60. The molecule has 25 heavy (non-hydrogen) atoms. The lowest BCUT2D eigenvalue weighted by Gasteiger charge is -2.45. The summed E-state index contributed by atoms with van der Waals surface area (Å²) in [5, 5.41) is 3.34. The van der Waals surface area contributed by atoms with Crippen LogP contribution in [0.3, 0.4) is 0 Å². The highest BCUT2D eigenvalue weighted by molar-refractivity contribution is 5.76. The molecule has 2 aromatic rings. The van der Waals surface area contributed by atoms with E-state index in [4.69, 9.17) is 0 Å². The molecule has 0 bridgehead atoms. The van der Waals surface area contributed by atoms with Crippen molar-refractivity contribution in [1.29, 1.82) is 0 Å². The second-order valence-corrected chi connectivity index (χ2v) is 7.04. The molecule has 4 heteroatoms. The number of rotatable bonds is 3. The molecule has 1 heterocycles. The molecule has 1 aliphatic carbocycles. The maximum Gasteiger partial charge on any atom is 0.318 e. The minimum atomic E-state index is -0.158. The summed E-state index contributed by atoms with van der Waals surface area (Å²) in [5.74, 6) is 0. The summed E-state index contributed by atoms with van der Waals surface area (Å²) in [7, 11) is 0. The van der Waals surface area contributed by atoms with Gasteiger partial charge in [-0.25, -0.2) is 4.79 Å². The van der Waals surface area contributed by atoms with Crippen LogP contribution in [0.25, 0.3) is 0 Å². The van der Waals surface area contributed by atoms with Crippen LogP contribution < -0.4 is 10.2 Å². The molecule has 1 aliphatic heterocycles. The summed E-state index contributed by atoms with van der Waals surface area (Å²) in [5.41, 5.74) is 2.31. The van der Waals surface area contributed by atoms with E-state index < -0.39 is 0 Å². The van der Waals surface area contributed by atoms with Gasteiger partial charge in [-0.1, -0.05) is 48.5 Å². The smallest absolute Gasteiger partial charge is 0.318 e. The molecule has 2 amide bonds. The Morgan fingerprint density at radius 3 is 2.00 bits per heavy atom. The van der Waals surface area contributed by atoms with Gasteiger partial charge in [0.05, 0.1) is 5.54 Å². The number of nitrogens with one attached hydrogen (secondary N) is 1. The summed E-state index contributed by atoms with van der Waals surface area (Å²) in [4.78, 5) is 17.1. The molecule has 1 saturated heterocycles. The Labute approximate surface area is 149 Å². The zero-order chi connectivity index (χ0) is 17.1. The first kappa shape index (κ1) is 16.0. The molecule has 2 fully saturated rings. The van der Waals surface area contributed by atoms with E-state index in [9.17, 15) is 4.79 Å². The first-order valence-electron chi connectivity index (χ1n) is 9.19. The van der Waals surface area contributed by atoms with Crippen LogP contribution in [0.1, 0.15) is 24.8 Å². The van der Waals surface area contributed by atoms with Gasteiger partial charge in [0, 0.05) is 31.9 Å². The van der Waals surface area contributed by atoms with Crippen molar-refractivity contribution in [3.8, 4) is 0 Å². The average molecular weight is 335 g/mol. The highest BCUT2D eigenvalue weighted by Gasteiger charge is 2.41. The molecule has 0 aromatic heterocycles. The number of benzene rings is 2. The highest BCUT2D eigenvalue weighted by atomic mass is 16.2. The van der Waals surface area contributed by atoms with Crippen LogP contribution in [0.15, 0.2) is 60.7 Å². The number of anilines is 1. The number of amides is 2. The van der Waals surface area contributed by atoms with Crippen molar-refractivity contribution >= 4 is 11.7 Å². The number of carbonyl (C=O) groups is 1. The van der Waals surface area contributed by atoms with Crippen molar-refractivity contribution in [2.45, 2.75) is 24.8 Å². The van der Waals surface area contributed by atoms with Crippen LogP contribution >= 0.6 is 0 Å². The topological polar surface area (TPSA) is 35.6 Å². The van der Waals surface area contributed by atoms with Crippen molar-refractivity contribution in [3.63, 3.8) is 0 Å². The van der Waals surface area contributed by atoms with Gasteiger partial charge in [0.1, 0.15) is 0 Å². The molecule has 2 aromatic carbocycles. The number of urea groups is 1. The third kappa shape index (κ3) is 3.21. The second-order valence-electron chi connectivity index (χ2n) is 7.04. The summed E-state index contributed by atoms with van der Waals surface area (Å²) < 4.78 is 0. The first-order valence-corrected chi connectivity index (χ1v) is 9.19. The fourth-order valence-electron chi connectivity index (χ4n) is 3.86. The normalized spacial score (nSPS) is 19.2. The van der Waals surface area contributed by atoms with Crippen molar-refractivity contribution < 1.29 is 4.79 Å². The maximum atomic E-state index is 12.8. The minimum absolute atomic E-state index is 0.0799. The number of carbonyl (C=O) groups excluding carboxylic acids is 1. The van der Waals surface area contributed by atoms with E-state index in [1.807, 2.05) is 17.0 Å². The van der Waals surface area contributed by atoms with Gasteiger partial charge >= 0.3 is 6.03 Å². The van der Waals surface area contributed by atoms with Gasteiger partial charge in [-0.3, -0.25) is 0 Å². The summed E-state index contributed by atoms with van der Waals surface area (Å²) in [6.45, 7) is 3.31.